The molecular formula is C33H37N7O2. The number of piperazine rings is 1. The first-order valence-electron chi connectivity index (χ1n) is 14.4. The first-order chi connectivity index (χ1) is 20.1. The predicted molar refractivity (Wildman–Crippen MR) is 168 cm³/mol. The van der Waals surface area contributed by atoms with Crippen LogP contribution < -0.4 is 10.2 Å². The summed E-state index contributed by atoms with van der Waals surface area (Å²) in [5, 5.41) is 4.48. The third-order valence-corrected chi connectivity index (χ3v) is 7.71. The lowest BCUT2D eigenvalue weighted by Crippen LogP contribution is -2.50. The quantitative estimate of drug-likeness (QED) is 0.272. The molecule has 1 N–H and O–H groups in total. The molecule has 0 unspecified atom stereocenters. The SMILES string of the molecule is Cc1cc(Nc2ncnc3ccc(N4CCN(C(=O)OC(C)(C)C)CC4)cc23)ccc1Cc1ccc2c(c1)ncn2C. The fourth-order valence-electron chi connectivity index (χ4n) is 5.43. The van der Waals surface area contributed by atoms with Crippen LogP contribution in [0.1, 0.15) is 37.5 Å². The number of aromatic nitrogens is 4. The molecule has 0 radical (unpaired) electrons. The van der Waals surface area contributed by atoms with Gasteiger partial charge in [0.05, 0.1) is 22.9 Å². The smallest absolute Gasteiger partial charge is 0.410 e. The van der Waals surface area contributed by atoms with E-state index in [1.807, 2.05) is 44.8 Å². The van der Waals surface area contributed by atoms with Gasteiger partial charge in [-0.1, -0.05) is 12.1 Å². The molecule has 0 atom stereocenters. The van der Waals surface area contributed by atoms with Crippen molar-refractivity contribution in [3.63, 3.8) is 0 Å². The number of carbonyl (C=O) groups excluding carboxylic acids is 1. The van der Waals surface area contributed by atoms with Crippen molar-refractivity contribution in [1.82, 2.24) is 24.4 Å². The maximum atomic E-state index is 12.5. The molecule has 42 heavy (non-hydrogen) atoms. The second kappa shape index (κ2) is 11.0. The van der Waals surface area contributed by atoms with Crippen molar-refractivity contribution in [1.29, 1.82) is 0 Å². The van der Waals surface area contributed by atoms with Gasteiger partial charge in [0, 0.05) is 50.0 Å². The van der Waals surface area contributed by atoms with Gasteiger partial charge in [0.2, 0.25) is 0 Å². The van der Waals surface area contributed by atoms with Crippen LogP contribution >= 0.6 is 0 Å². The van der Waals surface area contributed by atoms with Gasteiger partial charge >= 0.3 is 6.09 Å². The fraction of sp³-hybridized carbons (Fsp3) is 0.333. The Balaban J connectivity index is 1.16. The number of benzene rings is 3. The lowest BCUT2D eigenvalue weighted by Gasteiger charge is -2.36. The Kier molecular flexibility index (Phi) is 7.18. The van der Waals surface area contributed by atoms with Crippen LogP contribution in [0.5, 0.6) is 0 Å². The van der Waals surface area contributed by atoms with Crippen LogP contribution in [-0.2, 0) is 18.2 Å². The van der Waals surface area contributed by atoms with E-state index in [2.05, 4.69) is 80.6 Å². The molecule has 2 aromatic heterocycles. The van der Waals surface area contributed by atoms with Crippen molar-refractivity contribution >= 4 is 45.2 Å². The molecule has 6 rings (SSSR count). The topological polar surface area (TPSA) is 88.4 Å². The van der Waals surface area contributed by atoms with Gasteiger partial charge in [-0.05, 0) is 93.3 Å². The zero-order valence-electron chi connectivity index (χ0n) is 24.9. The van der Waals surface area contributed by atoms with Crippen LogP contribution in [0.15, 0.2) is 67.3 Å². The summed E-state index contributed by atoms with van der Waals surface area (Å²) in [6.45, 7) is 10.5. The molecule has 3 heterocycles. The van der Waals surface area contributed by atoms with E-state index in [4.69, 9.17) is 4.74 Å². The van der Waals surface area contributed by atoms with E-state index in [1.54, 1.807) is 11.2 Å². The lowest BCUT2D eigenvalue weighted by molar-refractivity contribution is 0.0240. The van der Waals surface area contributed by atoms with E-state index < -0.39 is 5.60 Å². The Morgan fingerprint density at radius 3 is 2.50 bits per heavy atom. The minimum Gasteiger partial charge on any atom is -0.444 e. The average Bonchev–Trinajstić information content (AvgIpc) is 3.33. The van der Waals surface area contributed by atoms with Gasteiger partial charge in [0.15, 0.2) is 0 Å². The number of fused-ring (bicyclic) bond motifs is 2. The summed E-state index contributed by atoms with van der Waals surface area (Å²) in [5.41, 5.74) is 8.33. The fourth-order valence-corrected chi connectivity index (χ4v) is 5.43. The van der Waals surface area contributed by atoms with E-state index in [0.29, 0.717) is 13.1 Å². The third-order valence-electron chi connectivity index (χ3n) is 7.71. The van der Waals surface area contributed by atoms with E-state index in [1.165, 1.54) is 16.7 Å². The summed E-state index contributed by atoms with van der Waals surface area (Å²) in [4.78, 5) is 30.1. The van der Waals surface area contributed by atoms with Crippen LogP contribution in [0.2, 0.25) is 0 Å². The Hall–Kier alpha value is -4.66. The Labute approximate surface area is 246 Å². The van der Waals surface area contributed by atoms with Crippen molar-refractivity contribution in [3.05, 3.63) is 83.9 Å². The zero-order chi connectivity index (χ0) is 29.4. The van der Waals surface area contributed by atoms with Crippen LogP contribution in [-0.4, -0.2) is 62.3 Å². The first kappa shape index (κ1) is 27.5. The Morgan fingerprint density at radius 1 is 0.929 bits per heavy atom. The third kappa shape index (κ3) is 5.86. The molecule has 3 aromatic carbocycles. The molecule has 1 aliphatic heterocycles. The highest BCUT2D eigenvalue weighted by atomic mass is 16.6. The number of rotatable bonds is 5. The van der Waals surface area contributed by atoms with E-state index in [0.717, 1.165) is 58.6 Å². The second-order valence-electron chi connectivity index (χ2n) is 12.0. The normalized spacial score (nSPS) is 14.0. The number of carbonyl (C=O) groups is 1. The lowest BCUT2D eigenvalue weighted by atomic mass is 9.99. The van der Waals surface area contributed by atoms with Crippen molar-refractivity contribution in [2.24, 2.45) is 7.05 Å². The number of nitrogens with zero attached hydrogens (tertiary/aromatic N) is 6. The molecule has 5 aromatic rings. The van der Waals surface area contributed by atoms with Gasteiger partial charge in [-0.2, -0.15) is 0 Å². The van der Waals surface area contributed by atoms with E-state index >= 15 is 0 Å². The molecule has 9 nitrogen and oxygen atoms in total. The van der Waals surface area contributed by atoms with Gasteiger partial charge in [0.25, 0.3) is 0 Å². The van der Waals surface area contributed by atoms with Crippen LogP contribution in [0.3, 0.4) is 0 Å². The summed E-state index contributed by atoms with van der Waals surface area (Å²) in [7, 11) is 2.02. The summed E-state index contributed by atoms with van der Waals surface area (Å²) >= 11 is 0. The van der Waals surface area contributed by atoms with Crippen LogP contribution in [0.4, 0.5) is 22.0 Å². The largest absolute Gasteiger partial charge is 0.444 e. The van der Waals surface area contributed by atoms with Gasteiger partial charge < -0.3 is 24.4 Å². The summed E-state index contributed by atoms with van der Waals surface area (Å²) in [6.07, 6.45) is 4.04. The number of nitrogens with one attached hydrogen (secondary N) is 1. The van der Waals surface area contributed by atoms with Gasteiger partial charge in [0.1, 0.15) is 17.7 Å². The summed E-state index contributed by atoms with van der Waals surface area (Å²) in [5.74, 6) is 0.766. The van der Waals surface area contributed by atoms with E-state index in [9.17, 15) is 4.79 Å². The number of amides is 1. The summed E-state index contributed by atoms with van der Waals surface area (Å²) < 4.78 is 7.59. The maximum absolute atomic E-state index is 12.5. The maximum Gasteiger partial charge on any atom is 0.410 e. The van der Waals surface area contributed by atoms with Crippen molar-refractivity contribution in [2.45, 2.75) is 39.7 Å². The molecule has 1 amide bonds. The molecular weight excluding hydrogens is 526 g/mol. The van der Waals surface area contributed by atoms with Crippen molar-refractivity contribution in [2.75, 3.05) is 36.4 Å². The average molecular weight is 564 g/mol. The second-order valence-corrected chi connectivity index (χ2v) is 12.0. The van der Waals surface area contributed by atoms with Crippen molar-refractivity contribution in [3.8, 4) is 0 Å². The number of hydrogen-bond donors (Lipinski definition) is 1. The van der Waals surface area contributed by atoms with Gasteiger partial charge in [-0.25, -0.2) is 19.7 Å². The Morgan fingerprint density at radius 2 is 1.74 bits per heavy atom. The highest BCUT2D eigenvalue weighted by Crippen LogP contribution is 2.29. The first-order valence-corrected chi connectivity index (χ1v) is 14.4. The number of aryl methyl sites for hydroxylation is 2. The molecule has 1 fully saturated rings. The molecule has 0 saturated carbocycles. The van der Waals surface area contributed by atoms with Crippen molar-refractivity contribution < 1.29 is 9.53 Å². The molecule has 0 aliphatic carbocycles. The molecule has 1 aliphatic rings. The number of anilines is 3. The predicted octanol–water partition coefficient (Wildman–Crippen LogP) is 6.22. The number of imidazole rings is 1. The highest BCUT2D eigenvalue weighted by Gasteiger charge is 2.26. The molecule has 9 heteroatoms. The number of hydrogen-bond acceptors (Lipinski definition) is 7. The molecule has 1 saturated heterocycles. The molecule has 0 spiro atoms. The Bertz CT molecular complexity index is 1760. The minimum absolute atomic E-state index is 0.254. The standard InChI is InChI=1S/C33H37N7O2/c1-22-16-25(8-7-24(22)17-23-6-11-30-29(18-23)36-21-38(30)5)37-31-27-19-26(9-10-28(27)34-20-35-31)39-12-14-40(15-13-39)32(41)42-33(2,3)4/h6-11,16,18-21H,12-15,17H2,1-5H3,(H,34,35,37). The van der Waals surface area contributed by atoms with Gasteiger partial charge in [-0.3, -0.25) is 0 Å². The summed E-state index contributed by atoms with van der Waals surface area (Å²) in [6, 6.07) is 19.2. The molecule has 0 bridgehead atoms. The van der Waals surface area contributed by atoms with Crippen LogP contribution in [0.25, 0.3) is 21.9 Å². The zero-order valence-corrected chi connectivity index (χ0v) is 24.9. The number of ether oxygens (including phenoxy) is 1. The van der Waals surface area contributed by atoms with Crippen LogP contribution in [0, 0.1) is 6.92 Å². The van der Waals surface area contributed by atoms with E-state index in [-0.39, 0.29) is 6.09 Å². The monoisotopic (exact) mass is 563 g/mol. The van der Waals surface area contributed by atoms with Gasteiger partial charge in [-0.15, -0.1) is 0 Å². The molecule has 216 valence electrons. The minimum atomic E-state index is -0.496. The highest BCUT2D eigenvalue weighted by molar-refractivity contribution is 5.93.